The third-order valence-electron chi connectivity index (χ3n) is 7.18. The number of fused-ring (bicyclic) bond motifs is 2. The van der Waals surface area contributed by atoms with Gasteiger partial charge in [0.1, 0.15) is 28.6 Å². The molecule has 234 valence electrons. The lowest BCUT2D eigenvalue weighted by atomic mass is 9.87. The van der Waals surface area contributed by atoms with Gasteiger partial charge in [0.05, 0.1) is 11.5 Å². The number of alkyl halides is 3. The van der Waals surface area contributed by atoms with Crippen molar-refractivity contribution >= 4 is 46.2 Å². The van der Waals surface area contributed by atoms with Crippen LogP contribution in [-0.4, -0.2) is 21.7 Å². The second-order valence-corrected chi connectivity index (χ2v) is 12.8. The zero-order valence-corrected chi connectivity index (χ0v) is 25.8. The Morgan fingerprint density at radius 3 is 2.46 bits per heavy atom. The molecule has 1 aromatic heterocycles. The highest BCUT2D eigenvalue weighted by atomic mass is 32.2. The molecule has 0 spiro atoms. The summed E-state index contributed by atoms with van der Waals surface area (Å²) in [6.07, 6.45) is -2.15. The van der Waals surface area contributed by atoms with E-state index in [9.17, 15) is 22.4 Å². The number of halogens is 4. The molecule has 1 unspecified atom stereocenters. The van der Waals surface area contributed by atoms with Gasteiger partial charge in [0.2, 0.25) is 0 Å². The molecule has 11 heteroatoms. The average molecular weight is 645 g/mol. The molecule has 0 radical (unpaired) electrons. The Bertz CT molecular complexity index is 1990. The van der Waals surface area contributed by atoms with Crippen molar-refractivity contribution in [1.29, 1.82) is 0 Å². The predicted molar refractivity (Wildman–Crippen MR) is 171 cm³/mol. The van der Waals surface area contributed by atoms with E-state index in [0.717, 1.165) is 44.5 Å². The average Bonchev–Trinajstić information content (AvgIpc) is 3.34. The molecule has 0 saturated heterocycles. The number of allylic oxidation sites excluding steroid dienone is 1. The number of nitrogens with one attached hydrogen (secondary N) is 2. The molecule has 1 amide bonds. The van der Waals surface area contributed by atoms with Gasteiger partial charge >= 0.3 is 12.3 Å². The van der Waals surface area contributed by atoms with E-state index >= 15 is 0 Å². The van der Waals surface area contributed by atoms with E-state index in [-0.39, 0.29) is 11.6 Å². The minimum atomic E-state index is -4.82. The van der Waals surface area contributed by atoms with Gasteiger partial charge in [-0.2, -0.15) is 13.2 Å². The minimum Gasteiger partial charge on any atom is -0.444 e. The van der Waals surface area contributed by atoms with Crippen LogP contribution in [0.25, 0.3) is 16.8 Å². The summed E-state index contributed by atoms with van der Waals surface area (Å²) in [6, 6.07) is 24.3. The quantitative estimate of drug-likeness (QED) is 0.142. The first-order valence-corrected chi connectivity index (χ1v) is 15.1. The zero-order chi connectivity index (χ0) is 32.6. The second-order valence-electron chi connectivity index (χ2n) is 11.7. The molecule has 4 aromatic carbocycles. The van der Waals surface area contributed by atoms with E-state index in [1.165, 1.54) is 24.2 Å². The van der Waals surface area contributed by atoms with Gasteiger partial charge in [-0.1, -0.05) is 60.3 Å². The normalized spacial score (nSPS) is 14.5. The van der Waals surface area contributed by atoms with Crippen LogP contribution in [0.3, 0.4) is 0 Å². The fourth-order valence-electron chi connectivity index (χ4n) is 5.35. The van der Waals surface area contributed by atoms with E-state index < -0.39 is 29.3 Å². The lowest BCUT2D eigenvalue weighted by Crippen LogP contribution is -2.27. The molecular weight excluding hydrogens is 616 g/mol. The van der Waals surface area contributed by atoms with Gasteiger partial charge in [-0.15, -0.1) is 0 Å². The van der Waals surface area contributed by atoms with Gasteiger partial charge in [0.25, 0.3) is 0 Å². The maximum Gasteiger partial charge on any atom is 0.419 e. The number of rotatable bonds is 6. The minimum absolute atomic E-state index is 0.141. The standard InChI is InChI=1S/C35H28F4N4O2S/c1-34(2,3)45-33(44)43-30-18-31(41-19-40-30)46-23-12-13-24-20(15-23)8-6-10-26(24)32-25-9-5-4-7-21(25)16-29(32)42-22-11-14-28(36)27(17-22)35(37,38)39/h4-19,32,42H,1-3H3,(H,40,41,43,44). The molecule has 5 aromatic rings. The van der Waals surface area contributed by atoms with Crippen molar-refractivity contribution in [2.45, 2.75) is 48.4 Å². The van der Waals surface area contributed by atoms with Gasteiger partial charge in [0, 0.05) is 22.3 Å². The van der Waals surface area contributed by atoms with Crippen molar-refractivity contribution in [3.05, 3.63) is 125 Å². The molecular formula is C35H28F4N4O2S. The summed E-state index contributed by atoms with van der Waals surface area (Å²) in [7, 11) is 0. The van der Waals surface area contributed by atoms with Crippen molar-refractivity contribution in [1.82, 2.24) is 9.97 Å². The van der Waals surface area contributed by atoms with E-state index in [0.29, 0.717) is 16.5 Å². The third-order valence-corrected chi connectivity index (χ3v) is 8.10. The van der Waals surface area contributed by atoms with Gasteiger partial charge < -0.3 is 10.1 Å². The summed E-state index contributed by atoms with van der Waals surface area (Å²) in [5.74, 6) is -1.32. The molecule has 0 fully saturated rings. The fraction of sp³-hybridized carbons (Fsp3) is 0.171. The molecule has 1 aliphatic rings. The van der Waals surface area contributed by atoms with Crippen molar-refractivity contribution in [2.24, 2.45) is 0 Å². The number of carbonyl (C=O) groups excluding carboxylic acids is 1. The van der Waals surface area contributed by atoms with Crippen LogP contribution < -0.4 is 10.6 Å². The van der Waals surface area contributed by atoms with E-state index in [4.69, 9.17) is 4.74 Å². The number of hydrogen-bond donors (Lipinski definition) is 2. The molecule has 0 saturated carbocycles. The topological polar surface area (TPSA) is 76.1 Å². The Morgan fingerprint density at radius 2 is 1.67 bits per heavy atom. The van der Waals surface area contributed by atoms with Crippen molar-refractivity contribution in [3.8, 4) is 0 Å². The predicted octanol–water partition coefficient (Wildman–Crippen LogP) is 9.88. The van der Waals surface area contributed by atoms with E-state index in [1.807, 2.05) is 66.7 Å². The Kier molecular flexibility index (Phi) is 8.20. The van der Waals surface area contributed by atoms with E-state index in [2.05, 4.69) is 20.6 Å². The molecule has 6 nitrogen and oxygen atoms in total. The van der Waals surface area contributed by atoms with Gasteiger partial charge in [-0.25, -0.2) is 19.2 Å². The number of aromatic nitrogens is 2. The Labute approximate surface area is 266 Å². The number of anilines is 2. The number of hydrogen-bond acceptors (Lipinski definition) is 6. The summed E-state index contributed by atoms with van der Waals surface area (Å²) < 4.78 is 59.7. The molecule has 46 heavy (non-hydrogen) atoms. The number of amides is 1. The Hall–Kier alpha value is -4.90. The van der Waals surface area contributed by atoms with Crippen molar-refractivity contribution in [3.63, 3.8) is 0 Å². The maximum atomic E-state index is 14.0. The largest absolute Gasteiger partial charge is 0.444 e. The number of carbonyl (C=O) groups is 1. The first kappa shape index (κ1) is 31.1. The highest BCUT2D eigenvalue weighted by Crippen LogP contribution is 2.44. The summed E-state index contributed by atoms with van der Waals surface area (Å²) in [5, 5.41) is 8.31. The monoisotopic (exact) mass is 644 g/mol. The molecule has 0 bridgehead atoms. The molecule has 1 aliphatic carbocycles. The van der Waals surface area contributed by atoms with Gasteiger partial charge in [0.15, 0.2) is 0 Å². The van der Waals surface area contributed by atoms with Crippen molar-refractivity contribution in [2.75, 3.05) is 10.6 Å². The first-order valence-electron chi connectivity index (χ1n) is 14.3. The highest BCUT2D eigenvalue weighted by Gasteiger charge is 2.35. The van der Waals surface area contributed by atoms with Gasteiger partial charge in [-0.3, -0.25) is 5.32 Å². The Balaban J connectivity index is 1.29. The SMILES string of the molecule is CC(C)(C)OC(=O)Nc1cc(Sc2ccc3c(C4C(Nc5ccc(F)c(C(F)(F)F)c5)=Cc5ccccc54)cccc3c2)ncn1. The first-order chi connectivity index (χ1) is 21.8. The van der Waals surface area contributed by atoms with Crippen LogP contribution in [0.4, 0.5) is 33.9 Å². The molecule has 2 N–H and O–H groups in total. The lowest BCUT2D eigenvalue weighted by molar-refractivity contribution is -0.139. The van der Waals surface area contributed by atoms with Crippen LogP contribution in [0.15, 0.2) is 107 Å². The molecule has 0 aliphatic heterocycles. The number of nitrogens with zero attached hydrogens (tertiary/aromatic N) is 2. The van der Waals surface area contributed by atoms with Crippen LogP contribution in [0.2, 0.25) is 0 Å². The second kappa shape index (κ2) is 12.1. The smallest absolute Gasteiger partial charge is 0.419 e. The Morgan fingerprint density at radius 1 is 0.891 bits per heavy atom. The van der Waals surface area contributed by atoms with Crippen LogP contribution in [-0.2, 0) is 10.9 Å². The molecule has 1 atom stereocenters. The molecule has 6 rings (SSSR count). The highest BCUT2D eigenvalue weighted by molar-refractivity contribution is 7.99. The zero-order valence-electron chi connectivity index (χ0n) is 24.9. The summed E-state index contributed by atoms with van der Waals surface area (Å²) >= 11 is 1.40. The van der Waals surface area contributed by atoms with Crippen LogP contribution in [0, 0.1) is 5.82 Å². The maximum absolute atomic E-state index is 14.0. The summed E-state index contributed by atoms with van der Waals surface area (Å²) in [6.45, 7) is 5.32. The fourth-order valence-corrected chi connectivity index (χ4v) is 6.18. The number of ether oxygens (including phenoxy) is 1. The molecule has 1 heterocycles. The third kappa shape index (κ3) is 6.84. The van der Waals surface area contributed by atoms with Crippen LogP contribution in [0.1, 0.15) is 48.9 Å². The number of benzene rings is 4. The van der Waals surface area contributed by atoms with Crippen LogP contribution in [0.5, 0.6) is 0 Å². The summed E-state index contributed by atoms with van der Waals surface area (Å²) in [4.78, 5) is 21.5. The summed E-state index contributed by atoms with van der Waals surface area (Å²) in [5.41, 5.74) is 1.75. The van der Waals surface area contributed by atoms with Crippen molar-refractivity contribution < 1.29 is 27.1 Å². The van der Waals surface area contributed by atoms with E-state index in [1.54, 1.807) is 26.8 Å². The van der Waals surface area contributed by atoms with Crippen LogP contribution >= 0.6 is 11.8 Å². The van der Waals surface area contributed by atoms with Gasteiger partial charge in [-0.05, 0) is 84.6 Å². The lowest BCUT2D eigenvalue weighted by Gasteiger charge is -2.22.